The summed E-state index contributed by atoms with van der Waals surface area (Å²) in [6.45, 7) is 7.00. The van der Waals surface area contributed by atoms with Gasteiger partial charge in [0.15, 0.2) is 0 Å². The average Bonchev–Trinajstić information content (AvgIpc) is 2.29. The van der Waals surface area contributed by atoms with Gasteiger partial charge in [0.25, 0.3) is 5.69 Å². The molecule has 0 spiro atoms. The minimum absolute atomic E-state index is 0.105. The van der Waals surface area contributed by atoms with E-state index in [0.29, 0.717) is 6.54 Å². The average molecular weight is 344 g/mol. The van der Waals surface area contributed by atoms with E-state index in [1.54, 1.807) is 12.1 Å². The molecule has 1 rings (SSSR count). The molecule has 0 aliphatic heterocycles. The van der Waals surface area contributed by atoms with Gasteiger partial charge in [0.05, 0.1) is 4.92 Å². The van der Waals surface area contributed by atoms with Gasteiger partial charge in [0.1, 0.15) is 0 Å². The van der Waals surface area contributed by atoms with Gasteiger partial charge in [0.2, 0.25) is 0 Å². The predicted molar refractivity (Wildman–Crippen MR) is 84.8 cm³/mol. The molecule has 5 nitrogen and oxygen atoms in total. The maximum atomic E-state index is 10.7. The summed E-state index contributed by atoms with van der Waals surface area (Å²) in [5.41, 5.74) is 1.31. The monoisotopic (exact) mass is 343 g/mol. The van der Waals surface area contributed by atoms with Crippen molar-refractivity contribution < 1.29 is 4.92 Å². The molecule has 20 heavy (non-hydrogen) atoms. The largest absolute Gasteiger partial charge is 0.312 e. The fourth-order valence-electron chi connectivity index (χ4n) is 2.24. The standard InChI is InChI=1S/C14H22BrN3O2/c1-14(2,10-17(3)4)9-16-8-11-5-6-12(18(19)20)7-13(11)15/h5-7,16H,8-10H2,1-4H3. The first-order chi connectivity index (χ1) is 9.21. The van der Waals surface area contributed by atoms with E-state index in [2.05, 4.69) is 54.1 Å². The van der Waals surface area contributed by atoms with Crippen molar-refractivity contribution in [2.45, 2.75) is 20.4 Å². The molecule has 0 amide bonds. The smallest absolute Gasteiger partial charge is 0.270 e. The number of nitro groups is 1. The lowest BCUT2D eigenvalue weighted by Crippen LogP contribution is -2.37. The first-order valence-electron chi connectivity index (χ1n) is 6.49. The van der Waals surface area contributed by atoms with E-state index in [-0.39, 0.29) is 16.0 Å². The first-order valence-corrected chi connectivity index (χ1v) is 7.29. The summed E-state index contributed by atoms with van der Waals surface area (Å²) in [4.78, 5) is 12.5. The van der Waals surface area contributed by atoms with E-state index in [0.717, 1.165) is 23.1 Å². The van der Waals surface area contributed by atoms with Crippen molar-refractivity contribution in [2.75, 3.05) is 27.2 Å². The van der Waals surface area contributed by atoms with Crippen molar-refractivity contribution in [3.05, 3.63) is 38.3 Å². The molecule has 0 radical (unpaired) electrons. The molecule has 0 saturated carbocycles. The Labute approximate surface area is 128 Å². The van der Waals surface area contributed by atoms with Gasteiger partial charge in [-0.25, -0.2) is 0 Å². The zero-order valence-electron chi connectivity index (χ0n) is 12.4. The number of rotatable bonds is 7. The van der Waals surface area contributed by atoms with E-state index in [4.69, 9.17) is 0 Å². The van der Waals surface area contributed by atoms with Crippen molar-refractivity contribution >= 4 is 21.6 Å². The number of nitrogens with zero attached hydrogens (tertiary/aromatic N) is 2. The second kappa shape index (κ2) is 7.15. The molecular formula is C14H22BrN3O2. The van der Waals surface area contributed by atoms with Gasteiger partial charge in [-0.15, -0.1) is 0 Å². The Morgan fingerprint density at radius 3 is 2.55 bits per heavy atom. The lowest BCUT2D eigenvalue weighted by atomic mass is 9.93. The Morgan fingerprint density at radius 1 is 1.40 bits per heavy atom. The van der Waals surface area contributed by atoms with Crippen LogP contribution in [-0.4, -0.2) is 37.0 Å². The fraction of sp³-hybridized carbons (Fsp3) is 0.571. The number of hydrogen-bond donors (Lipinski definition) is 1. The molecule has 0 unspecified atom stereocenters. The Morgan fingerprint density at radius 2 is 2.05 bits per heavy atom. The van der Waals surface area contributed by atoms with Crippen molar-refractivity contribution in [1.82, 2.24) is 10.2 Å². The third-order valence-electron chi connectivity index (χ3n) is 2.91. The van der Waals surface area contributed by atoms with Gasteiger partial charge in [-0.05, 0) is 31.1 Å². The number of nitrogens with one attached hydrogen (secondary N) is 1. The molecule has 0 aliphatic rings. The van der Waals surface area contributed by atoms with E-state index in [1.165, 1.54) is 6.07 Å². The van der Waals surface area contributed by atoms with Gasteiger partial charge >= 0.3 is 0 Å². The van der Waals surface area contributed by atoms with Crippen LogP contribution in [0.5, 0.6) is 0 Å². The highest BCUT2D eigenvalue weighted by Gasteiger charge is 2.18. The van der Waals surface area contributed by atoms with Crippen LogP contribution >= 0.6 is 15.9 Å². The third kappa shape index (κ3) is 5.56. The fourth-order valence-corrected chi connectivity index (χ4v) is 2.75. The minimum atomic E-state index is -0.387. The van der Waals surface area contributed by atoms with Crippen LogP contribution in [0.15, 0.2) is 22.7 Å². The zero-order valence-corrected chi connectivity index (χ0v) is 14.0. The van der Waals surface area contributed by atoms with Gasteiger partial charge in [-0.3, -0.25) is 10.1 Å². The van der Waals surface area contributed by atoms with Crippen LogP contribution in [0.4, 0.5) is 5.69 Å². The molecule has 6 heteroatoms. The van der Waals surface area contributed by atoms with Crippen LogP contribution in [0.2, 0.25) is 0 Å². The van der Waals surface area contributed by atoms with E-state index in [9.17, 15) is 10.1 Å². The Bertz CT molecular complexity index is 475. The van der Waals surface area contributed by atoms with Crippen LogP contribution in [0.3, 0.4) is 0 Å². The molecule has 0 atom stereocenters. The van der Waals surface area contributed by atoms with Gasteiger partial charge in [-0.1, -0.05) is 29.8 Å². The zero-order chi connectivity index (χ0) is 15.3. The van der Waals surface area contributed by atoms with E-state index >= 15 is 0 Å². The highest BCUT2D eigenvalue weighted by Crippen LogP contribution is 2.23. The second-order valence-corrected chi connectivity index (χ2v) is 6.89. The highest BCUT2D eigenvalue weighted by atomic mass is 79.9. The first kappa shape index (κ1) is 17.1. The normalized spacial score (nSPS) is 11.9. The molecule has 0 bridgehead atoms. The summed E-state index contributed by atoms with van der Waals surface area (Å²) < 4.78 is 0.768. The Hall–Kier alpha value is -0.980. The molecule has 0 saturated heterocycles. The van der Waals surface area contributed by atoms with Crippen molar-refractivity contribution in [3.63, 3.8) is 0 Å². The molecule has 0 aromatic heterocycles. The summed E-state index contributed by atoms with van der Waals surface area (Å²) >= 11 is 3.38. The molecule has 1 aromatic carbocycles. The lowest BCUT2D eigenvalue weighted by molar-refractivity contribution is -0.384. The lowest BCUT2D eigenvalue weighted by Gasteiger charge is -2.28. The van der Waals surface area contributed by atoms with E-state index < -0.39 is 0 Å². The molecule has 112 valence electrons. The van der Waals surface area contributed by atoms with Crippen LogP contribution in [0.1, 0.15) is 19.4 Å². The van der Waals surface area contributed by atoms with Crippen LogP contribution in [-0.2, 0) is 6.54 Å². The quantitative estimate of drug-likeness (QED) is 0.610. The molecule has 0 heterocycles. The topological polar surface area (TPSA) is 58.4 Å². The molecule has 0 fully saturated rings. The SMILES string of the molecule is CN(C)CC(C)(C)CNCc1ccc([N+](=O)[O-])cc1Br. The number of hydrogen-bond acceptors (Lipinski definition) is 4. The maximum absolute atomic E-state index is 10.7. The predicted octanol–water partition coefficient (Wildman–Crippen LogP) is 3.03. The second-order valence-electron chi connectivity index (χ2n) is 6.04. The van der Waals surface area contributed by atoms with Gasteiger partial charge in [0, 0.05) is 36.2 Å². The van der Waals surface area contributed by atoms with Gasteiger partial charge < -0.3 is 10.2 Å². The van der Waals surface area contributed by atoms with Gasteiger partial charge in [-0.2, -0.15) is 0 Å². The van der Waals surface area contributed by atoms with Crippen molar-refractivity contribution in [3.8, 4) is 0 Å². The summed E-state index contributed by atoms with van der Waals surface area (Å²) in [5, 5.41) is 14.1. The molecular weight excluding hydrogens is 322 g/mol. The summed E-state index contributed by atoms with van der Waals surface area (Å²) in [6, 6.07) is 4.86. The van der Waals surface area contributed by atoms with Crippen LogP contribution < -0.4 is 5.32 Å². The molecule has 0 aliphatic carbocycles. The Balaban J connectivity index is 2.56. The van der Waals surface area contributed by atoms with E-state index in [1.807, 2.05) is 0 Å². The molecule has 1 aromatic rings. The number of benzene rings is 1. The number of non-ortho nitro benzene ring substituents is 1. The molecule has 1 N–H and O–H groups in total. The number of nitro benzene ring substituents is 1. The highest BCUT2D eigenvalue weighted by molar-refractivity contribution is 9.10. The summed E-state index contributed by atoms with van der Waals surface area (Å²) in [5.74, 6) is 0. The van der Waals surface area contributed by atoms with Crippen molar-refractivity contribution in [2.24, 2.45) is 5.41 Å². The number of halogens is 1. The summed E-state index contributed by atoms with van der Waals surface area (Å²) in [6.07, 6.45) is 0. The third-order valence-corrected chi connectivity index (χ3v) is 3.65. The van der Waals surface area contributed by atoms with Crippen molar-refractivity contribution in [1.29, 1.82) is 0 Å². The van der Waals surface area contributed by atoms with Crippen LogP contribution in [0, 0.1) is 15.5 Å². The Kier molecular flexibility index (Phi) is 6.10. The minimum Gasteiger partial charge on any atom is -0.312 e. The van der Waals surface area contributed by atoms with Crippen LogP contribution in [0.25, 0.3) is 0 Å². The summed E-state index contributed by atoms with van der Waals surface area (Å²) in [7, 11) is 4.13. The maximum Gasteiger partial charge on any atom is 0.270 e.